The lowest BCUT2D eigenvalue weighted by atomic mass is 10.0. The number of Topliss-reactive ketones (excluding diaryl/α,β-unsaturated/α-hetero) is 1. The van der Waals surface area contributed by atoms with E-state index in [0.717, 1.165) is 5.56 Å². The van der Waals surface area contributed by atoms with E-state index in [-0.39, 0.29) is 13.0 Å². The van der Waals surface area contributed by atoms with Crippen LogP contribution in [-0.4, -0.2) is 28.9 Å². The fourth-order valence-electron chi connectivity index (χ4n) is 2.13. The lowest BCUT2D eigenvalue weighted by Crippen LogP contribution is -2.43. The minimum absolute atomic E-state index is 0.0538. The molecule has 0 saturated heterocycles. The van der Waals surface area contributed by atoms with Gasteiger partial charge < -0.3 is 15.6 Å². The van der Waals surface area contributed by atoms with Gasteiger partial charge in [-0.25, -0.2) is 9.18 Å². The Hall–Kier alpha value is -3.31. The Morgan fingerprint density at radius 1 is 1.12 bits per heavy atom. The van der Waals surface area contributed by atoms with Crippen LogP contribution in [0.25, 0.3) is 5.53 Å². The third kappa shape index (κ3) is 6.01. The predicted molar refractivity (Wildman–Crippen MR) is 88.3 cm³/mol. The van der Waals surface area contributed by atoms with Gasteiger partial charge in [0.2, 0.25) is 0 Å². The summed E-state index contributed by atoms with van der Waals surface area (Å²) in [5, 5.41) is 2.43. The number of hydrogen-bond acceptors (Lipinski definition) is 3. The summed E-state index contributed by atoms with van der Waals surface area (Å²) in [6.45, 7) is 0.0538. The lowest BCUT2D eigenvalue weighted by molar-refractivity contribution is -0.117. The van der Waals surface area contributed by atoms with Gasteiger partial charge in [0.05, 0.1) is 0 Å². The molecule has 1 N–H and O–H groups in total. The summed E-state index contributed by atoms with van der Waals surface area (Å²) in [6, 6.07) is 13.6. The van der Waals surface area contributed by atoms with Crippen molar-refractivity contribution in [2.45, 2.75) is 19.1 Å². The number of benzene rings is 2. The van der Waals surface area contributed by atoms with Gasteiger partial charge in [0.15, 0.2) is 0 Å². The zero-order valence-electron chi connectivity index (χ0n) is 13.3. The van der Waals surface area contributed by atoms with Crippen LogP contribution in [0.2, 0.25) is 0 Å². The number of carbonyl (C=O) groups is 2. The third-order valence-corrected chi connectivity index (χ3v) is 3.39. The number of nitrogens with zero attached hydrogens (tertiary/aromatic N) is 2. The minimum atomic E-state index is -0.996. The van der Waals surface area contributed by atoms with Crippen molar-refractivity contribution in [1.29, 1.82) is 0 Å². The van der Waals surface area contributed by atoms with Crippen molar-refractivity contribution >= 4 is 18.1 Å². The molecule has 1 atom stereocenters. The zero-order chi connectivity index (χ0) is 18.1. The second-order valence-electron chi connectivity index (χ2n) is 5.24. The normalized spacial score (nSPS) is 11.1. The van der Waals surface area contributed by atoms with Gasteiger partial charge in [-0.3, -0.25) is 4.79 Å². The molecule has 0 radical (unpaired) electrons. The molecule has 0 aliphatic rings. The topological polar surface area (TPSA) is 91.8 Å². The molecule has 0 fully saturated rings. The van der Waals surface area contributed by atoms with E-state index in [1.54, 1.807) is 12.1 Å². The van der Waals surface area contributed by atoms with Gasteiger partial charge in [-0.05, 0) is 23.3 Å². The van der Waals surface area contributed by atoms with Crippen LogP contribution in [0.3, 0.4) is 0 Å². The van der Waals surface area contributed by atoms with E-state index in [0.29, 0.717) is 11.8 Å². The second-order valence-corrected chi connectivity index (χ2v) is 5.24. The molecule has 2 aromatic carbocycles. The molecule has 1 unspecified atom stereocenters. The van der Waals surface area contributed by atoms with Gasteiger partial charge in [-0.2, -0.15) is 4.79 Å². The highest BCUT2D eigenvalue weighted by Gasteiger charge is 2.23. The molecule has 1 amide bonds. The standard InChI is InChI=1S/C18H16FN3O3/c19-15-8-6-13(7-9-15)10-16(17(23)11-21-20)22-18(24)25-12-14-4-2-1-3-5-14/h1-9,11,16H,10,12H2,(H,22,24). The van der Waals surface area contributed by atoms with Crippen LogP contribution in [0, 0.1) is 5.82 Å². The SMILES string of the molecule is [N-]=[N+]=CC(=O)C(Cc1ccc(F)cc1)NC(=O)OCc1ccccc1. The minimum Gasteiger partial charge on any atom is -0.445 e. The monoisotopic (exact) mass is 341 g/mol. The Bertz CT molecular complexity index is 772. The summed E-state index contributed by atoms with van der Waals surface area (Å²) >= 11 is 0. The van der Waals surface area contributed by atoms with Crippen molar-refractivity contribution < 1.29 is 23.5 Å². The average molecular weight is 341 g/mol. The van der Waals surface area contributed by atoms with Crippen molar-refractivity contribution in [3.8, 4) is 0 Å². The van der Waals surface area contributed by atoms with Gasteiger partial charge in [-0.1, -0.05) is 42.5 Å². The van der Waals surface area contributed by atoms with Crippen LogP contribution in [0.15, 0.2) is 54.6 Å². The molecule has 0 aliphatic heterocycles. The van der Waals surface area contributed by atoms with Gasteiger partial charge in [0.1, 0.15) is 18.5 Å². The number of ether oxygens (including phenoxy) is 1. The van der Waals surface area contributed by atoms with E-state index in [9.17, 15) is 14.0 Å². The van der Waals surface area contributed by atoms with E-state index in [2.05, 4.69) is 10.1 Å². The fraction of sp³-hybridized carbons (Fsp3) is 0.167. The third-order valence-electron chi connectivity index (χ3n) is 3.39. The molecular formula is C18H16FN3O3. The molecule has 128 valence electrons. The van der Waals surface area contributed by atoms with E-state index in [1.807, 2.05) is 18.2 Å². The van der Waals surface area contributed by atoms with Crippen molar-refractivity contribution in [1.82, 2.24) is 5.32 Å². The molecule has 0 spiro atoms. The maximum atomic E-state index is 13.0. The molecule has 25 heavy (non-hydrogen) atoms. The lowest BCUT2D eigenvalue weighted by Gasteiger charge is -2.15. The molecule has 0 aromatic heterocycles. The van der Waals surface area contributed by atoms with E-state index in [4.69, 9.17) is 10.3 Å². The number of nitrogens with one attached hydrogen (secondary N) is 1. The van der Waals surface area contributed by atoms with Crippen molar-refractivity contribution in [3.63, 3.8) is 0 Å². The number of halogens is 1. The van der Waals surface area contributed by atoms with Crippen molar-refractivity contribution in [3.05, 3.63) is 77.1 Å². The summed E-state index contributed by atoms with van der Waals surface area (Å²) in [4.78, 5) is 26.6. The smallest absolute Gasteiger partial charge is 0.408 e. The second kappa shape index (κ2) is 9.10. The first-order chi connectivity index (χ1) is 12.1. The van der Waals surface area contributed by atoms with Gasteiger partial charge in [-0.15, -0.1) is 0 Å². The Morgan fingerprint density at radius 2 is 1.80 bits per heavy atom. The first kappa shape index (κ1) is 18.0. The van der Waals surface area contributed by atoms with Crippen LogP contribution in [-0.2, 0) is 22.6 Å². The van der Waals surface area contributed by atoms with E-state index >= 15 is 0 Å². The van der Waals surface area contributed by atoms with Gasteiger partial charge >= 0.3 is 12.3 Å². The molecule has 0 saturated carbocycles. The predicted octanol–water partition coefficient (Wildman–Crippen LogP) is 2.53. The number of alkyl carbamates (subject to hydrolysis) is 1. The van der Waals surface area contributed by atoms with Crippen LogP contribution in [0.5, 0.6) is 0 Å². The maximum Gasteiger partial charge on any atom is 0.408 e. The Morgan fingerprint density at radius 3 is 2.44 bits per heavy atom. The van der Waals surface area contributed by atoms with Crippen LogP contribution in [0.1, 0.15) is 11.1 Å². The average Bonchev–Trinajstić information content (AvgIpc) is 2.62. The summed E-state index contributed by atoms with van der Waals surface area (Å²) in [6.07, 6.45) is 0.0210. The summed E-state index contributed by atoms with van der Waals surface area (Å²) < 4.78 is 18.0. The van der Waals surface area contributed by atoms with Crippen LogP contribution in [0.4, 0.5) is 9.18 Å². The zero-order valence-corrected chi connectivity index (χ0v) is 13.3. The Kier molecular flexibility index (Phi) is 6.56. The molecule has 2 rings (SSSR count). The first-order valence-corrected chi connectivity index (χ1v) is 7.51. The quantitative estimate of drug-likeness (QED) is 0.476. The number of rotatable bonds is 7. The molecule has 2 aromatic rings. The highest BCUT2D eigenvalue weighted by atomic mass is 19.1. The Labute approximate surface area is 143 Å². The van der Waals surface area contributed by atoms with Gasteiger partial charge in [0, 0.05) is 6.42 Å². The van der Waals surface area contributed by atoms with Crippen LogP contribution < -0.4 is 5.32 Å². The number of carbonyl (C=O) groups excluding carboxylic acids is 2. The number of ketones is 1. The summed E-state index contributed by atoms with van der Waals surface area (Å²) in [5.74, 6) is -1.01. The number of amides is 1. The molecule has 6 nitrogen and oxygen atoms in total. The van der Waals surface area contributed by atoms with Crippen molar-refractivity contribution in [2.24, 2.45) is 0 Å². The molecule has 0 bridgehead atoms. The largest absolute Gasteiger partial charge is 0.445 e. The van der Waals surface area contributed by atoms with E-state index < -0.39 is 23.7 Å². The highest BCUT2D eigenvalue weighted by molar-refractivity contribution is 6.28. The molecule has 7 heteroatoms. The highest BCUT2D eigenvalue weighted by Crippen LogP contribution is 2.07. The maximum absolute atomic E-state index is 13.0. The fourth-order valence-corrected chi connectivity index (χ4v) is 2.13. The van der Waals surface area contributed by atoms with E-state index in [1.165, 1.54) is 24.3 Å². The van der Waals surface area contributed by atoms with Crippen molar-refractivity contribution in [2.75, 3.05) is 0 Å². The molecular weight excluding hydrogens is 325 g/mol. The summed E-state index contributed by atoms with van der Waals surface area (Å²) in [5.41, 5.74) is 9.96. The number of hydrogen-bond donors (Lipinski definition) is 1. The van der Waals surface area contributed by atoms with Crippen LogP contribution >= 0.6 is 0 Å². The molecule has 0 aliphatic carbocycles. The molecule has 0 heterocycles. The first-order valence-electron chi connectivity index (χ1n) is 7.51. The van der Waals surface area contributed by atoms with Gasteiger partial charge in [0.25, 0.3) is 5.78 Å². The summed E-state index contributed by atoms with van der Waals surface area (Å²) in [7, 11) is 0. The Balaban J connectivity index is 1.99.